The van der Waals surface area contributed by atoms with Crippen LogP contribution in [-0.2, 0) is 0 Å². The lowest BCUT2D eigenvalue weighted by Gasteiger charge is -2.15. The van der Waals surface area contributed by atoms with Crippen LogP contribution >= 0.6 is 0 Å². The second kappa shape index (κ2) is 10.3. The van der Waals surface area contributed by atoms with Crippen LogP contribution in [0.2, 0.25) is 0 Å². The predicted molar refractivity (Wildman–Crippen MR) is 77.3 cm³/mol. The average Bonchev–Trinajstić information content (AvgIpc) is 2.37. The van der Waals surface area contributed by atoms with Crippen molar-refractivity contribution < 1.29 is 0 Å². The van der Waals surface area contributed by atoms with E-state index in [9.17, 15) is 0 Å². The summed E-state index contributed by atoms with van der Waals surface area (Å²) < 4.78 is 0. The summed E-state index contributed by atoms with van der Waals surface area (Å²) in [6, 6.07) is 4.07. The highest BCUT2D eigenvalue weighted by Crippen LogP contribution is 2.22. The lowest BCUT2D eigenvalue weighted by molar-refractivity contribution is 0.385. The molecular formula is C16H29N. The fraction of sp³-hybridized carbons (Fsp3) is 0.688. The third kappa shape index (κ3) is 8.91. The zero-order valence-electron chi connectivity index (χ0n) is 12.3. The summed E-state index contributed by atoms with van der Waals surface area (Å²) in [6.07, 6.45) is 9.31. The van der Waals surface area contributed by atoms with Gasteiger partial charge in [0.05, 0.1) is 0 Å². The number of rotatable bonds is 0. The average molecular weight is 235 g/mol. The van der Waals surface area contributed by atoms with Crippen molar-refractivity contribution in [3.63, 3.8) is 0 Å². The number of aromatic nitrogens is 1. The molecular weight excluding hydrogens is 206 g/mol. The highest BCUT2D eigenvalue weighted by atomic mass is 14.6. The van der Waals surface area contributed by atoms with Crippen molar-refractivity contribution in [2.75, 3.05) is 0 Å². The maximum absolute atomic E-state index is 4.08. The van der Waals surface area contributed by atoms with Crippen molar-refractivity contribution in [3.8, 4) is 0 Å². The molecule has 0 atom stereocenters. The van der Waals surface area contributed by atoms with Crippen LogP contribution in [0.3, 0.4) is 0 Å². The molecule has 1 fully saturated rings. The molecule has 0 aromatic carbocycles. The minimum Gasteiger partial charge on any atom is -0.261 e. The Kier molecular flexibility index (Phi) is 9.80. The maximum atomic E-state index is 4.08. The zero-order valence-corrected chi connectivity index (χ0v) is 12.3. The quantitative estimate of drug-likeness (QED) is 0.593. The van der Waals surface area contributed by atoms with E-state index in [1.165, 1.54) is 37.7 Å². The highest BCUT2D eigenvalue weighted by Gasteiger charge is 2.05. The number of aryl methyl sites for hydroxylation is 2. The van der Waals surface area contributed by atoms with Gasteiger partial charge in [0.2, 0.25) is 0 Å². The standard InChI is InChI=1S/C7H9N.C7H14.C2H6/c1-6-3-4-7(2)8-5-6;1-7-5-3-2-4-6-7;1-2/h3-5H,1-2H3;7H,2-6H2,1H3;1-2H3. The van der Waals surface area contributed by atoms with Crippen molar-refractivity contribution in [2.24, 2.45) is 5.92 Å². The second-order valence-corrected chi connectivity index (χ2v) is 4.72. The van der Waals surface area contributed by atoms with Gasteiger partial charge in [0.25, 0.3) is 0 Å². The van der Waals surface area contributed by atoms with E-state index in [1.54, 1.807) is 0 Å². The summed E-state index contributed by atoms with van der Waals surface area (Å²) in [6.45, 7) is 10.4. The van der Waals surface area contributed by atoms with E-state index in [0.29, 0.717) is 0 Å². The van der Waals surface area contributed by atoms with Crippen molar-refractivity contribution in [1.29, 1.82) is 0 Å². The maximum Gasteiger partial charge on any atom is 0.0372 e. The molecule has 0 radical (unpaired) electrons. The van der Waals surface area contributed by atoms with Gasteiger partial charge in [-0.1, -0.05) is 58.9 Å². The summed E-state index contributed by atoms with van der Waals surface area (Å²) in [4.78, 5) is 4.08. The molecule has 0 saturated heterocycles. The molecule has 1 aromatic heterocycles. The van der Waals surface area contributed by atoms with Gasteiger partial charge >= 0.3 is 0 Å². The van der Waals surface area contributed by atoms with Crippen LogP contribution in [0.5, 0.6) is 0 Å². The molecule has 1 aromatic rings. The number of hydrogen-bond donors (Lipinski definition) is 0. The van der Waals surface area contributed by atoms with Crippen LogP contribution in [0.25, 0.3) is 0 Å². The fourth-order valence-electron chi connectivity index (χ4n) is 1.85. The molecule has 1 heterocycles. The lowest BCUT2D eigenvalue weighted by atomic mass is 9.91. The Bertz CT molecular complexity index is 236. The van der Waals surface area contributed by atoms with E-state index in [1.807, 2.05) is 40.0 Å². The first kappa shape index (κ1) is 16.1. The summed E-state index contributed by atoms with van der Waals surface area (Å²) >= 11 is 0. The molecule has 0 amide bonds. The minimum atomic E-state index is 1.04. The van der Waals surface area contributed by atoms with Gasteiger partial charge in [-0.3, -0.25) is 4.98 Å². The van der Waals surface area contributed by atoms with Gasteiger partial charge in [0.15, 0.2) is 0 Å². The third-order valence-electron chi connectivity index (χ3n) is 2.95. The molecule has 1 saturated carbocycles. The third-order valence-corrected chi connectivity index (χ3v) is 2.95. The second-order valence-electron chi connectivity index (χ2n) is 4.72. The Balaban J connectivity index is 0.000000265. The van der Waals surface area contributed by atoms with Crippen molar-refractivity contribution in [1.82, 2.24) is 4.98 Å². The molecule has 0 bridgehead atoms. The van der Waals surface area contributed by atoms with Gasteiger partial charge in [-0.15, -0.1) is 0 Å². The monoisotopic (exact) mass is 235 g/mol. The minimum absolute atomic E-state index is 1.04. The predicted octanol–water partition coefficient (Wildman–Crippen LogP) is 5.31. The molecule has 98 valence electrons. The molecule has 1 nitrogen and oxygen atoms in total. The summed E-state index contributed by atoms with van der Waals surface area (Å²) in [5, 5.41) is 0. The summed E-state index contributed by atoms with van der Waals surface area (Å²) in [5.41, 5.74) is 2.30. The smallest absolute Gasteiger partial charge is 0.0372 e. The van der Waals surface area contributed by atoms with Crippen LogP contribution in [0, 0.1) is 19.8 Å². The first-order valence-electron chi connectivity index (χ1n) is 7.08. The van der Waals surface area contributed by atoms with Crippen LogP contribution in [0.15, 0.2) is 18.3 Å². The van der Waals surface area contributed by atoms with Gasteiger partial charge in [0, 0.05) is 11.9 Å². The first-order valence-corrected chi connectivity index (χ1v) is 7.08. The Morgan fingerprint density at radius 1 is 1.00 bits per heavy atom. The molecule has 0 N–H and O–H groups in total. The van der Waals surface area contributed by atoms with Gasteiger partial charge in [-0.25, -0.2) is 0 Å². The Morgan fingerprint density at radius 2 is 1.59 bits per heavy atom. The van der Waals surface area contributed by atoms with Crippen molar-refractivity contribution in [2.45, 2.75) is 66.7 Å². The molecule has 0 aliphatic heterocycles. The molecule has 0 unspecified atom stereocenters. The van der Waals surface area contributed by atoms with Crippen LogP contribution in [0.1, 0.15) is 64.1 Å². The fourth-order valence-corrected chi connectivity index (χ4v) is 1.85. The summed E-state index contributed by atoms with van der Waals surface area (Å²) in [5.74, 6) is 1.04. The van der Waals surface area contributed by atoms with E-state index >= 15 is 0 Å². The Hall–Kier alpha value is -0.850. The molecule has 17 heavy (non-hydrogen) atoms. The van der Waals surface area contributed by atoms with E-state index in [2.05, 4.69) is 18.0 Å². The summed E-state index contributed by atoms with van der Waals surface area (Å²) in [7, 11) is 0. The molecule has 1 aliphatic rings. The normalized spacial score (nSPS) is 15.1. The molecule has 1 aliphatic carbocycles. The highest BCUT2D eigenvalue weighted by molar-refractivity contribution is 5.10. The number of hydrogen-bond acceptors (Lipinski definition) is 1. The van der Waals surface area contributed by atoms with Crippen LogP contribution < -0.4 is 0 Å². The number of pyridine rings is 1. The number of nitrogens with zero attached hydrogens (tertiary/aromatic N) is 1. The van der Waals surface area contributed by atoms with Gasteiger partial charge < -0.3 is 0 Å². The van der Waals surface area contributed by atoms with Gasteiger partial charge in [0.1, 0.15) is 0 Å². The van der Waals surface area contributed by atoms with Gasteiger partial charge in [-0.2, -0.15) is 0 Å². The van der Waals surface area contributed by atoms with E-state index < -0.39 is 0 Å². The Labute approximate surface area is 108 Å². The SMILES string of the molecule is CC.CC1CCCCC1.Cc1ccc(C)nc1. The van der Waals surface area contributed by atoms with E-state index in [4.69, 9.17) is 0 Å². The lowest BCUT2D eigenvalue weighted by Crippen LogP contribution is -1.99. The van der Waals surface area contributed by atoms with Crippen LogP contribution in [0.4, 0.5) is 0 Å². The zero-order chi connectivity index (χ0) is 13.1. The molecule has 1 heteroatoms. The Morgan fingerprint density at radius 3 is 1.88 bits per heavy atom. The largest absolute Gasteiger partial charge is 0.261 e. The van der Waals surface area contributed by atoms with Crippen molar-refractivity contribution >= 4 is 0 Å². The molecule has 2 rings (SSSR count). The van der Waals surface area contributed by atoms with E-state index in [0.717, 1.165) is 11.6 Å². The van der Waals surface area contributed by atoms with Crippen molar-refractivity contribution in [3.05, 3.63) is 29.6 Å². The van der Waals surface area contributed by atoms with E-state index in [-0.39, 0.29) is 0 Å². The first-order chi connectivity index (χ1) is 8.18. The van der Waals surface area contributed by atoms with Gasteiger partial charge in [-0.05, 0) is 31.4 Å². The van der Waals surface area contributed by atoms with Crippen LogP contribution in [-0.4, -0.2) is 4.98 Å². The topological polar surface area (TPSA) is 12.9 Å². The molecule has 0 spiro atoms.